The van der Waals surface area contributed by atoms with Crippen LogP contribution in [0.5, 0.6) is 0 Å². The Morgan fingerprint density at radius 1 is 1.24 bits per heavy atom. The van der Waals surface area contributed by atoms with Gasteiger partial charge in [-0.3, -0.25) is 4.40 Å². The van der Waals surface area contributed by atoms with Gasteiger partial charge in [-0.25, -0.2) is 4.98 Å². The van der Waals surface area contributed by atoms with Crippen LogP contribution in [0.15, 0.2) is 61.1 Å². The lowest BCUT2D eigenvalue weighted by Crippen LogP contribution is -1.97. The molecule has 1 aliphatic rings. The number of rotatable bonds is 2. The Morgan fingerprint density at radius 3 is 3.00 bits per heavy atom. The third-order valence-corrected chi connectivity index (χ3v) is 3.78. The number of nitrogen functional groups attached to an aromatic ring is 1. The predicted molar refractivity (Wildman–Crippen MR) is 82.6 cm³/mol. The topological polar surface area (TPSA) is 52.5 Å². The molecule has 0 saturated heterocycles. The fourth-order valence-corrected chi connectivity index (χ4v) is 2.71. The van der Waals surface area contributed by atoms with E-state index < -0.39 is 0 Å². The largest absolute Gasteiger partial charge is 0.493 e. The lowest BCUT2D eigenvalue weighted by molar-refractivity contribution is 0.173. The van der Waals surface area contributed by atoms with E-state index in [9.17, 15) is 0 Å². The van der Waals surface area contributed by atoms with Crippen molar-refractivity contribution >= 4 is 11.3 Å². The second-order valence-electron chi connectivity index (χ2n) is 5.19. The van der Waals surface area contributed by atoms with Crippen LogP contribution >= 0.6 is 0 Å². The zero-order valence-electron chi connectivity index (χ0n) is 11.4. The molecule has 2 N–H and O–H groups in total. The van der Waals surface area contributed by atoms with Gasteiger partial charge in [0.1, 0.15) is 11.8 Å². The summed E-state index contributed by atoms with van der Waals surface area (Å²) >= 11 is 0. The zero-order chi connectivity index (χ0) is 14.2. The number of imidazole rings is 1. The van der Waals surface area contributed by atoms with E-state index in [4.69, 9.17) is 10.5 Å². The van der Waals surface area contributed by atoms with E-state index in [0.717, 1.165) is 34.6 Å². The number of fused-ring (bicyclic) bond motifs is 1. The Hall–Kier alpha value is -2.75. The van der Waals surface area contributed by atoms with E-state index in [1.165, 1.54) is 0 Å². The normalized spacial score (nSPS) is 17.2. The molecule has 1 unspecified atom stereocenters. The highest BCUT2D eigenvalue weighted by atomic mass is 16.5. The van der Waals surface area contributed by atoms with Crippen molar-refractivity contribution in [3.05, 3.63) is 66.7 Å². The number of aromatic nitrogens is 2. The van der Waals surface area contributed by atoms with Gasteiger partial charge in [-0.05, 0) is 35.9 Å². The first kappa shape index (κ1) is 12.0. The van der Waals surface area contributed by atoms with E-state index in [-0.39, 0.29) is 6.10 Å². The minimum atomic E-state index is 0.113. The van der Waals surface area contributed by atoms with Crippen molar-refractivity contribution in [2.45, 2.75) is 12.5 Å². The molecule has 0 fully saturated rings. The van der Waals surface area contributed by atoms with Gasteiger partial charge >= 0.3 is 0 Å². The first-order chi connectivity index (χ1) is 10.3. The maximum atomic E-state index is 5.86. The Morgan fingerprint density at radius 2 is 2.19 bits per heavy atom. The van der Waals surface area contributed by atoms with Crippen LogP contribution in [0.4, 0.5) is 5.69 Å². The van der Waals surface area contributed by atoms with E-state index >= 15 is 0 Å². The molecule has 4 heteroatoms. The van der Waals surface area contributed by atoms with Crippen LogP contribution in [-0.4, -0.2) is 9.38 Å². The molecule has 4 nitrogen and oxygen atoms in total. The van der Waals surface area contributed by atoms with Gasteiger partial charge in [0.2, 0.25) is 0 Å². The van der Waals surface area contributed by atoms with Crippen LogP contribution < -0.4 is 5.73 Å². The Balaban J connectivity index is 1.78. The lowest BCUT2D eigenvalue weighted by Gasteiger charge is -2.11. The van der Waals surface area contributed by atoms with Crippen LogP contribution in [0.3, 0.4) is 0 Å². The number of nitrogens with zero attached hydrogens (tertiary/aromatic N) is 2. The van der Waals surface area contributed by atoms with E-state index in [0.29, 0.717) is 0 Å². The van der Waals surface area contributed by atoms with Gasteiger partial charge in [-0.2, -0.15) is 0 Å². The quantitative estimate of drug-likeness (QED) is 0.729. The van der Waals surface area contributed by atoms with Crippen LogP contribution in [0.1, 0.15) is 18.1 Å². The molecule has 0 radical (unpaired) electrons. The smallest absolute Gasteiger partial charge is 0.137 e. The molecular weight excluding hydrogens is 262 g/mol. The van der Waals surface area contributed by atoms with Crippen molar-refractivity contribution in [1.29, 1.82) is 0 Å². The number of ether oxygens (including phenoxy) is 1. The Bertz CT molecular complexity index is 827. The number of hydrogen-bond donors (Lipinski definition) is 1. The van der Waals surface area contributed by atoms with Gasteiger partial charge < -0.3 is 10.5 Å². The van der Waals surface area contributed by atoms with E-state index in [2.05, 4.69) is 21.5 Å². The first-order valence-electron chi connectivity index (χ1n) is 6.95. The van der Waals surface area contributed by atoms with Gasteiger partial charge in [0.25, 0.3) is 0 Å². The fraction of sp³-hybridized carbons (Fsp3) is 0.118. The Labute approximate surface area is 122 Å². The molecule has 1 aliphatic heterocycles. The summed E-state index contributed by atoms with van der Waals surface area (Å²) in [6.45, 7) is 0. The van der Waals surface area contributed by atoms with Crippen molar-refractivity contribution in [1.82, 2.24) is 9.38 Å². The standard InChI is InChI=1S/C17H15N3O/c18-14-4-1-3-12(9-14)15-11-19-17-10-13(6-7-20(15)17)16-5-2-8-21-16/h1-4,6-11,16H,5,18H2. The van der Waals surface area contributed by atoms with Crippen LogP contribution in [0, 0.1) is 0 Å². The fourth-order valence-electron chi connectivity index (χ4n) is 2.71. The van der Waals surface area contributed by atoms with Gasteiger partial charge in [0.05, 0.1) is 18.2 Å². The van der Waals surface area contributed by atoms with E-state index in [1.807, 2.05) is 42.7 Å². The maximum absolute atomic E-state index is 5.86. The molecule has 21 heavy (non-hydrogen) atoms. The molecule has 0 spiro atoms. The molecule has 0 amide bonds. The summed E-state index contributed by atoms with van der Waals surface area (Å²) in [5, 5.41) is 0. The van der Waals surface area contributed by atoms with Crippen LogP contribution in [0.2, 0.25) is 0 Å². The van der Waals surface area contributed by atoms with Crippen molar-refractivity contribution < 1.29 is 4.74 Å². The summed E-state index contributed by atoms with van der Waals surface area (Å²) in [7, 11) is 0. The molecule has 0 saturated carbocycles. The van der Waals surface area contributed by atoms with Gasteiger partial charge in [-0.15, -0.1) is 0 Å². The highest BCUT2D eigenvalue weighted by Gasteiger charge is 2.15. The van der Waals surface area contributed by atoms with Gasteiger partial charge in [0.15, 0.2) is 0 Å². The summed E-state index contributed by atoms with van der Waals surface area (Å²) < 4.78 is 7.63. The van der Waals surface area contributed by atoms with Crippen molar-refractivity contribution in [3.8, 4) is 11.3 Å². The van der Waals surface area contributed by atoms with Crippen molar-refractivity contribution in [3.63, 3.8) is 0 Å². The molecule has 104 valence electrons. The SMILES string of the molecule is Nc1cccc(-c2cnc3cc(C4CC=CO4)ccn23)c1. The highest BCUT2D eigenvalue weighted by Crippen LogP contribution is 2.29. The van der Waals surface area contributed by atoms with Crippen LogP contribution in [-0.2, 0) is 4.74 Å². The zero-order valence-corrected chi connectivity index (χ0v) is 11.4. The van der Waals surface area contributed by atoms with Crippen molar-refractivity contribution in [2.24, 2.45) is 0 Å². The summed E-state index contributed by atoms with van der Waals surface area (Å²) in [6, 6.07) is 12.0. The molecule has 3 heterocycles. The number of nitrogens with two attached hydrogens (primary N) is 1. The average molecular weight is 277 g/mol. The van der Waals surface area contributed by atoms with Gasteiger partial charge in [0, 0.05) is 23.9 Å². The maximum Gasteiger partial charge on any atom is 0.137 e. The molecule has 0 aliphatic carbocycles. The molecule has 1 aromatic carbocycles. The van der Waals surface area contributed by atoms with Crippen LogP contribution in [0.25, 0.3) is 16.9 Å². The third kappa shape index (κ3) is 2.05. The Kier molecular flexibility index (Phi) is 2.67. The molecule has 4 rings (SSSR count). The predicted octanol–water partition coefficient (Wildman–Crippen LogP) is 3.56. The molecule has 0 bridgehead atoms. The van der Waals surface area contributed by atoms with Crippen molar-refractivity contribution in [2.75, 3.05) is 5.73 Å². The number of pyridine rings is 1. The molecule has 2 aromatic heterocycles. The number of benzene rings is 1. The first-order valence-corrected chi connectivity index (χ1v) is 6.95. The summed E-state index contributed by atoms with van der Waals surface area (Å²) in [6.07, 6.45) is 8.75. The minimum absolute atomic E-state index is 0.113. The summed E-state index contributed by atoms with van der Waals surface area (Å²) in [5.41, 5.74) is 10.8. The second kappa shape index (κ2) is 4.66. The van der Waals surface area contributed by atoms with Gasteiger partial charge in [-0.1, -0.05) is 12.1 Å². The molecule has 1 atom stereocenters. The molecular formula is C17H15N3O. The number of anilines is 1. The lowest BCUT2D eigenvalue weighted by atomic mass is 10.1. The highest BCUT2D eigenvalue weighted by molar-refractivity contribution is 5.67. The summed E-state index contributed by atoms with van der Waals surface area (Å²) in [4.78, 5) is 4.50. The monoisotopic (exact) mass is 277 g/mol. The summed E-state index contributed by atoms with van der Waals surface area (Å²) in [5.74, 6) is 0. The second-order valence-corrected chi connectivity index (χ2v) is 5.19. The molecule has 3 aromatic rings. The third-order valence-electron chi connectivity index (χ3n) is 3.78. The average Bonchev–Trinajstić information content (AvgIpc) is 3.16. The van der Waals surface area contributed by atoms with E-state index in [1.54, 1.807) is 6.26 Å². The number of hydrogen-bond acceptors (Lipinski definition) is 3. The minimum Gasteiger partial charge on any atom is -0.493 e.